The van der Waals surface area contributed by atoms with E-state index in [1.807, 2.05) is 0 Å². The second-order valence-corrected chi connectivity index (χ2v) is 6.97. The van der Waals surface area contributed by atoms with E-state index in [0.717, 1.165) is 12.8 Å². The summed E-state index contributed by atoms with van der Waals surface area (Å²) in [7, 11) is 0. The Balaban J connectivity index is 4.95. The fourth-order valence-corrected chi connectivity index (χ4v) is 2.75. The molecule has 0 aliphatic heterocycles. The van der Waals surface area contributed by atoms with E-state index in [9.17, 15) is 10.2 Å². The summed E-state index contributed by atoms with van der Waals surface area (Å²) in [6.07, 6.45) is 1.65. The molecule has 2 N–H and O–H groups in total. The van der Waals surface area contributed by atoms with Crippen LogP contribution in [0.4, 0.5) is 0 Å². The monoisotopic (exact) mass is 230 g/mol. The Hall–Kier alpha value is -0.0800. The second kappa shape index (κ2) is 6.02. The molecule has 0 aliphatic rings. The van der Waals surface area contributed by atoms with Gasteiger partial charge in [0.1, 0.15) is 0 Å². The summed E-state index contributed by atoms with van der Waals surface area (Å²) in [6, 6.07) is 0. The Labute approximate surface area is 101 Å². The zero-order chi connectivity index (χ0) is 13.0. The first-order chi connectivity index (χ1) is 7.14. The van der Waals surface area contributed by atoms with Gasteiger partial charge < -0.3 is 10.2 Å². The molecule has 0 saturated heterocycles. The highest BCUT2D eigenvalue weighted by Crippen LogP contribution is 2.44. The molecule has 16 heavy (non-hydrogen) atoms. The fourth-order valence-electron chi connectivity index (χ4n) is 2.75. The first-order valence-electron chi connectivity index (χ1n) is 6.36. The molecule has 0 heterocycles. The first kappa shape index (κ1) is 15.9. The Morgan fingerprint density at radius 2 is 0.938 bits per heavy atom. The zero-order valence-corrected chi connectivity index (χ0v) is 11.9. The molecule has 98 valence electrons. The molecule has 0 radical (unpaired) electrons. The quantitative estimate of drug-likeness (QED) is 0.762. The molecule has 2 unspecified atom stereocenters. The molecule has 0 aromatic heterocycles. The van der Waals surface area contributed by atoms with Crippen molar-refractivity contribution >= 4 is 0 Å². The lowest BCUT2D eigenvalue weighted by atomic mass is 9.62. The number of hydrogen-bond donors (Lipinski definition) is 2. The van der Waals surface area contributed by atoms with Crippen LogP contribution in [0.15, 0.2) is 0 Å². The van der Waals surface area contributed by atoms with Gasteiger partial charge in [-0.2, -0.15) is 0 Å². The summed E-state index contributed by atoms with van der Waals surface area (Å²) in [6.45, 7) is 13.8. The zero-order valence-electron chi connectivity index (χ0n) is 11.9. The standard InChI is InChI=1S/C14H30O2/c1-13(2,3)11(7-9-15)12(8-10-16)14(4,5)6/h11-12,15-16H,7-10H2,1-6H3. The molecule has 2 heteroatoms. The van der Waals surface area contributed by atoms with Gasteiger partial charge in [-0.15, -0.1) is 0 Å². The highest BCUT2D eigenvalue weighted by molar-refractivity contribution is 4.86. The molecule has 0 bridgehead atoms. The van der Waals surface area contributed by atoms with E-state index in [-0.39, 0.29) is 24.0 Å². The van der Waals surface area contributed by atoms with Gasteiger partial charge in [0.15, 0.2) is 0 Å². The smallest absolute Gasteiger partial charge is 0.0433 e. The van der Waals surface area contributed by atoms with E-state index in [4.69, 9.17) is 0 Å². The third-order valence-electron chi connectivity index (χ3n) is 3.59. The first-order valence-corrected chi connectivity index (χ1v) is 6.36. The van der Waals surface area contributed by atoms with Crippen molar-refractivity contribution in [3.05, 3.63) is 0 Å². The molecule has 0 spiro atoms. The van der Waals surface area contributed by atoms with Crippen molar-refractivity contribution in [1.82, 2.24) is 0 Å². The average molecular weight is 230 g/mol. The number of aliphatic hydroxyl groups is 2. The maximum absolute atomic E-state index is 9.22. The van der Waals surface area contributed by atoms with Crippen LogP contribution >= 0.6 is 0 Å². The van der Waals surface area contributed by atoms with Gasteiger partial charge in [-0.25, -0.2) is 0 Å². The molecule has 0 fully saturated rings. The molecular weight excluding hydrogens is 200 g/mol. The minimum absolute atomic E-state index is 0.176. The van der Waals surface area contributed by atoms with Crippen LogP contribution in [0.2, 0.25) is 0 Å². The third-order valence-corrected chi connectivity index (χ3v) is 3.59. The van der Waals surface area contributed by atoms with Gasteiger partial charge in [0.2, 0.25) is 0 Å². The summed E-state index contributed by atoms with van der Waals surface area (Å²) in [5.41, 5.74) is 0.353. The Kier molecular flexibility index (Phi) is 5.99. The maximum atomic E-state index is 9.22. The lowest BCUT2D eigenvalue weighted by Crippen LogP contribution is -2.37. The van der Waals surface area contributed by atoms with Gasteiger partial charge in [0.05, 0.1) is 0 Å². The van der Waals surface area contributed by atoms with E-state index in [2.05, 4.69) is 41.5 Å². The van der Waals surface area contributed by atoms with E-state index in [1.54, 1.807) is 0 Å². The van der Waals surface area contributed by atoms with Gasteiger partial charge in [0, 0.05) is 13.2 Å². The van der Waals surface area contributed by atoms with E-state index < -0.39 is 0 Å². The van der Waals surface area contributed by atoms with E-state index in [0.29, 0.717) is 11.8 Å². The lowest BCUT2D eigenvalue weighted by molar-refractivity contribution is 0.0327. The van der Waals surface area contributed by atoms with Gasteiger partial charge in [-0.3, -0.25) is 0 Å². The van der Waals surface area contributed by atoms with E-state index in [1.165, 1.54) is 0 Å². The summed E-state index contributed by atoms with van der Waals surface area (Å²) in [4.78, 5) is 0. The highest BCUT2D eigenvalue weighted by Gasteiger charge is 2.37. The molecule has 2 atom stereocenters. The van der Waals surface area contributed by atoms with E-state index >= 15 is 0 Å². The van der Waals surface area contributed by atoms with Crippen LogP contribution in [0.3, 0.4) is 0 Å². The van der Waals surface area contributed by atoms with Crippen molar-refractivity contribution in [2.45, 2.75) is 54.4 Å². The van der Waals surface area contributed by atoms with Crippen LogP contribution in [-0.4, -0.2) is 23.4 Å². The summed E-state index contributed by atoms with van der Waals surface area (Å²) >= 11 is 0. The molecule has 0 aliphatic carbocycles. The predicted octanol–water partition coefficient (Wildman–Crippen LogP) is 3.08. The normalized spacial score (nSPS) is 17.2. The Bertz CT molecular complexity index is 164. The van der Waals surface area contributed by atoms with Crippen molar-refractivity contribution in [3.63, 3.8) is 0 Å². The number of rotatable bonds is 5. The van der Waals surface area contributed by atoms with Crippen molar-refractivity contribution in [2.24, 2.45) is 22.7 Å². The molecule has 0 aromatic carbocycles. The van der Waals surface area contributed by atoms with Gasteiger partial charge >= 0.3 is 0 Å². The molecular formula is C14H30O2. The summed E-state index contributed by atoms with van der Waals surface area (Å²) < 4.78 is 0. The largest absolute Gasteiger partial charge is 0.396 e. The second-order valence-electron chi connectivity index (χ2n) is 6.97. The van der Waals surface area contributed by atoms with Crippen LogP contribution in [0.5, 0.6) is 0 Å². The van der Waals surface area contributed by atoms with Crippen molar-refractivity contribution in [2.75, 3.05) is 13.2 Å². The molecule has 2 nitrogen and oxygen atoms in total. The SMILES string of the molecule is CC(C)(C)C(CCO)C(CCO)C(C)(C)C. The maximum Gasteiger partial charge on any atom is 0.0433 e. The number of aliphatic hydroxyl groups excluding tert-OH is 2. The fraction of sp³-hybridized carbons (Fsp3) is 1.00. The minimum atomic E-state index is 0.176. The van der Waals surface area contributed by atoms with Gasteiger partial charge in [0.25, 0.3) is 0 Å². The minimum Gasteiger partial charge on any atom is -0.396 e. The van der Waals surface area contributed by atoms with Crippen molar-refractivity contribution < 1.29 is 10.2 Å². The van der Waals surface area contributed by atoms with Crippen LogP contribution < -0.4 is 0 Å². The third kappa shape index (κ3) is 4.84. The summed E-state index contributed by atoms with van der Waals surface area (Å²) in [5, 5.41) is 18.4. The Morgan fingerprint density at radius 1 is 0.688 bits per heavy atom. The van der Waals surface area contributed by atoms with Gasteiger partial charge in [-0.1, -0.05) is 41.5 Å². The van der Waals surface area contributed by atoms with Crippen LogP contribution in [0.25, 0.3) is 0 Å². The summed E-state index contributed by atoms with van der Waals surface area (Å²) in [5.74, 6) is 0.897. The van der Waals surface area contributed by atoms with Crippen LogP contribution in [-0.2, 0) is 0 Å². The van der Waals surface area contributed by atoms with Crippen molar-refractivity contribution in [3.8, 4) is 0 Å². The molecule has 0 amide bonds. The Morgan fingerprint density at radius 3 is 1.06 bits per heavy atom. The molecule has 0 aromatic rings. The topological polar surface area (TPSA) is 40.5 Å². The molecule has 0 rings (SSSR count). The van der Waals surface area contributed by atoms with Crippen molar-refractivity contribution in [1.29, 1.82) is 0 Å². The number of hydrogen-bond acceptors (Lipinski definition) is 2. The average Bonchev–Trinajstić information content (AvgIpc) is 2.07. The highest BCUT2D eigenvalue weighted by atomic mass is 16.3. The molecule has 0 saturated carbocycles. The predicted molar refractivity (Wildman–Crippen MR) is 69.3 cm³/mol. The van der Waals surface area contributed by atoms with Gasteiger partial charge in [-0.05, 0) is 35.5 Å². The van der Waals surface area contributed by atoms with Crippen LogP contribution in [0, 0.1) is 22.7 Å². The lowest BCUT2D eigenvalue weighted by Gasteiger charge is -2.43. The van der Waals surface area contributed by atoms with Crippen LogP contribution in [0.1, 0.15) is 54.4 Å².